The molecule has 1 aromatic heterocycles. The molecular formula is C15H13F3N4O4. The molecule has 138 valence electrons. The fraction of sp³-hybridized carbons (Fsp3) is 0.200. The third kappa shape index (κ3) is 4.59. The fourth-order valence-corrected chi connectivity index (χ4v) is 1.77. The molecule has 26 heavy (non-hydrogen) atoms. The molecule has 0 bridgehead atoms. The normalized spacial score (nSPS) is 10.9. The lowest BCUT2D eigenvalue weighted by Crippen LogP contribution is -2.36. The first kappa shape index (κ1) is 19.0. The van der Waals surface area contributed by atoms with Gasteiger partial charge >= 0.3 is 12.1 Å². The second-order valence-corrected chi connectivity index (χ2v) is 4.87. The van der Waals surface area contributed by atoms with E-state index in [9.17, 15) is 27.6 Å². The van der Waals surface area contributed by atoms with Gasteiger partial charge < -0.3 is 15.1 Å². The summed E-state index contributed by atoms with van der Waals surface area (Å²) in [5.41, 5.74) is -0.217. The van der Waals surface area contributed by atoms with Crippen molar-refractivity contribution in [3.8, 4) is 11.5 Å². The zero-order valence-corrected chi connectivity index (χ0v) is 13.3. The van der Waals surface area contributed by atoms with E-state index >= 15 is 0 Å². The first-order valence-corrected chi connectivity index (χ1v) is 7.15. The standard InChI is InChI=1S/C15H13F3N4O4/c1-19-9(23)7-20-11(24)10-13(22-14(25)15(16,17)18)26-12(21-10)8-5-3-2-4-6-8/h2-6H,7H2,1H3,(H,19,23)(H,20,24)(H,22,25). The summed E-state index contributed by atoms with van der Waals surface area (Å²) in [4.78, 5) is 38.3. The van der Waals surface area contributed by atoms with Gasteiger partial charge in [-0.2, -0.15) is 13.2 Å². The number of likely N-dealkylation sites (N-methyl/N-ethyl adjacent to an activating group) is 1. The molecule has 2 rings (SSSR count). The van der Waals surface area contributed by atoms with Gasteiger partial charge in [0.05, 0.1) is 6.54 Å². The summed E-state index contributed by atoms with van der Waals surface area (Å²) < 4.78 is 42.5. The summed E-state index contributed by atoms with van der Waals surface area (Å²) in [6.07, 6.45) is -5.18. The van der Waals surface area contributed by atoms with E-state index in [4.69, 9.17) is 4.42 Å². The van der Waals surface area contributed by atoms with Crippen molar-refractivity contribution in [2.24, 2.45) is 0 Å². The second-order valence-electron chi connectivity index (χ2n) is 4.87. The van der Waals surface area contributed by atoms with Gasteiger partial charge in [0.15, 0.2) is 5.69 Å². The average molecular weight is 370 g/mol. The lowest BCUT2D eigenvalue weighted by Gasteiger charge is -2.06. The highest BCUT2D eigenvalue weighted by Gasteiger charge is 2.40. The number of oxazole rings is 1. The molecule has 0 aliphatic carbocycles. The predicted molar refractivity (Wildman–Crippen MR) is 83.0 cm³/mol. The van der Waals surface area contributed by atoms with Crippen molar-refractivity contribution in [3.05, 3.63) is 36.0 Å². The molecule has 0 aliphatic rings. The minimum atomic E-state index is -5.18. The van der Waals surface area contributed by atoms with Crippen LogP contribution < -0.4 is 16.0 Å². The van der Waals surface area contributed by atoms with Crippen LogP contribution in [0.5, 0.6) is 0 Å². The molecule has 0 fully saturated rings. The summed E-state index contributed by atoms with van der Waals surface area (Å²) in [7, 11) is 1.34. The van der Waals surface area contributed by atoms with Gasteiger partial charge in [0.25, 0.3) is 5.91 Å². The van der Waals surface area contributed by atoms with Crippen LogP contribution in [0.4, 0.5) is 19.1 Å². The molecule has 0 saturated heterocycles. The summed E-state index contributed by atoms with van der Waals surface area (Å²) >= 11 is 0. The minimum Gasteiger partial charge on any atom is -0.419 e. The Morgan fingerprint density at radius 2 is 1.81 bits per heavy atom. The van der Waals surface area contributed by atoms with E-state index in [1.165, 1.54) is 12.4 Å². The number of nitrogens with zero attached hydrogens (tertiary/aromatic N) is 1. The summed E-state index contributed by atoms with van der Waals surface area (Å²) in [6.45, 7) is -0.435. The second kappa shape index (κ2) is 7.68. The van der Waals surface area contributed by atoms with Gasteiger partial charge in [0, 0.05) is 12.6 Å². The van der Waals surface area contributed by atoms with Crippen molar-refractivity contribution in [2.45, 2.75) is 6.18 Å². The van der Waals surface area contributed by atoms with Crippen LogP contribution in [0.2, 0.25) is 0 Å². The van der Waals surface area contributed by atoms with E-state index in [1.807, 2.05) is 0 Å². The van der Waals surface area contributed by atoms with E-state index in [0.29, 0.717) is 5.56 Å². The van der Waals surface area contributed by atoms with Crippen LogP contribution in [-0.4, -0.2) is 42.5 Å². The van der Waals surface area contributed by atoms with Gasteiger partial charge in [-0.05, 0) is 12.1 Å². The van der Waals surface area contributed by atoms with E-state index < -0.39 is 42.0 Å². The van der Waals surface area contributed by atoms with Crippen molar-refractivity contribution in [1.82, 2.24) is 15.6 Å². The predicted octanol–water partition coefficient (Wildman–Crippen LogP) is 1.32. The summed E-state index contributed by atoms with van der Waals surface area (Å²) in [5, 5.41) is 5.88. The zero-order valence-electron chi connectivity index (χ0n) is 13.3. The molecule has 0 radical (unpaired) electrons. The highest BCUT2D eigenvalue weighted by Crippen LogP contribution is 2.27. The quantitative estimate of drug-likeness (QED) is 0.735. The monoisotopic (exact) mass is 370 g/mol. The van der Waals surface area contributed by atoms with Crippen molar-refractivity contribution in [3.63, 3.8) is 0 Å². The number of rotatable bonds is 5. The SMILES string of the molecule is CNC(=O)CNC(=O)c1nc(-c2ccccc2)oc1NC(=O)C(F)(F)F. The lowest BCUT2D eigenvalue weighted by molar-refractivity contribution is -0.167. The van der Waals surface area contributed by atoms with Crippen molar-refractivity contribution in [2.75, 3.05) is 18.9 Å². The first-order valence-electron chi connectivity index (χ1n) is 7.15. The number of anilines is 1. The molecule has 8 nitrogen and oxygen atoms in total. The third-order valence-electron chi connectivity index (χ3n) is 3.04. The molecule has 0 saturated carbocycles. The number of benzene rings is 1. The maximum absolute atomic E-state index is 12.5. The largest absolute Gasteiger partial charge is 0.471 e. The number of alkyl halides is 3. The maximum atomic E-state index is 12.5. The molecule has 1 heterocycles. The lowest BCUT2D eigenvalue weighted by atomic mass is 10.2. The Labute approximate surface area is 144 Å². The third-order valence-corrected chi connectivity index (χ3v) is 3.04. The van der Waals surface area contributed by atoms with E-state index in [1.54, 1.807) is 30.3 Å². The Balaban J connectivity index is 2.34. The molecule has 3 amide bonds. The van der Waals surface area contributed by atoms with Crippen LogP contribution in [0.25, 0.3) is 11.5 Å². The molecule has 0 atom stereocenters. The number of amides is 3. The molecular weight excluding hydrogens is 357 g/mol. The molecule has 1 aromatic carbocycles. The van der Waals surface area contributed by atoms with Gasteiger partial charge in [0.1, 0.15) is 0 Å². The van der Waals surface area contributed by atoms with Crippen LogP contribution in [-0.2, 0) is 9.59 Å². The van der Waals surface area contributed by atoms with Crippen LogP contribution in [0.3, 0.4) is 0 Å². The van der Waals surface area contributed by atoms with E-state index in [2.05, 4.69) is 15.6 Å². The number of nitrogens with one attached hydrogen (secondary N) is 3. The Morgan fingerprint density at radius 1 is 1.15 bits per heavy atom. The van der Waals surface area contributed by atoms with Crippen LogP contribution in [0.15, 0.2) is 34.7 Å². The van der Waals surface area contributed by atoms with Crippen molar-refractivity contribution in [1.29, 1.82) is 0 Å². The Bertz CT molecular complexity index is 818. The van der Waals surface area contributed by atoms with Gasteiger partial charge in [-0.15, -0.1) is 0 Å². The van der Waals surface area contributed by atoms with E-state index in [-0.39, 0.29) is 5.89 Å². The highest BCUT2D eigenvalue weighted by molar-refractivity contribution is 6.03. The number of carbonyl (C=O) groups excluding carboxylic acids is 3. The number of carbonyl (C=O) groups is 3. The van der Waals surface area contributed by atoms with Crippen LogP contribution in [0.1, 0.15) is 10.5 Å². The highest BCUT2D eigenvalue weighted by atomic mass is 19.4. The summed E-state index contributed by atoms with van der Waals surface area (Å²) in [6, 6.07) is 8.04. The van der Waals surface area contributed by atoms with Gasteiger partial charge in [0.2, 0.25) is 17.7 Å². The number of aromatic nitrogens is 1. The minimum absolute atomic E-state index is 0.173. The fourth-order valence-electron chi connectivity index (χ4n) is 1.77. The van der Waals surface area contributed by atoms with Crippen LogP contribution >= 0.6 is 0 Å². The number of hydrogen-bond acceptors (Lipinski definition) is 5. The Hall–Kier alpha value is -3.37. The van der Waals surface area contributed by atoms with Gasteiger partial charge in [-0.25, -0.2) is 4.98 Å². The van der Waals surface area contributed by atoms with E-state index in [0.717, 1.165) is 0 Å². The molecule has 0 unspecified atom stereocenters. The molecule has 3 N–H and O–H groups in total. The van der Waals surface area contributed by atoms with Crippen molar-refractivity contribution < 1.29 is 32.0 Å². The van der Waals surface area contributed by atoms with Crippen LogP contribution in [0, 0.1) is 0 Å². The zero-order chi connectivity index (χ0) is 19.3. The van der Waals surface area contributed by atoms with Gasteiger partial charge in [-0.1, -0.05) is 18.2 Å². The smallest absolute Gasteiger partial charge is 0.419 e. The Morgan fingerprint density at radius 3 is 2.38 bits per heavy atom. The summed E-state index contributed by atoms with van der Waals surface area (Å²) in [5.74, 6) is -4.80. The van der Waals surface area contributed by atoms with Crippen molar-refractivity contribution >= 4 is 23.6 Å². The maximum Gasteiger partial charge on any atom is 0.471 e. The average Bonchev–Trinajstić information content (AvgIpc) is 3.03. The molecule has 0 spiro atoms. The number of halogens is 3. The Kier molecular flexibility index (Phi) is 5.60. The number of hydrogen-bond donors (Lipinski definition) is 3. The molecule has 2 aromatic rings. The first-order chi connectivity index (χ1) is 12.2. The van der Waals surface area contributed by atoms with Gasteiger partial charge in [-0.3, -0.25) is 19.7 Å². The topological polar surface area (TPSA) is 113 Å². The molecule has 0 aliphatic heterocycles. The molecule has 11 heteroatoms.